The van der Waals surface area contributed by atoms with Gasteiger partial charge in [-0.15, -0.1) is 0 Å². The number of carbonyl (C=O) groups excluding carboxylic acids is 1. The first kappa shape index (κ1) is 93.9. The smallest absolute Gasteiger partial charge is 0.301 e. The topological polar surface area (TPSA) is 454 Å². The van der Waals surface area contributed by atoms with Gasteiger partial charge < -0.3 is 60.8 Å². The number of para-hydroxylation sites is 1. The lowest BCUT2D eigenvalue weighted by Gasteiger charge is -2.42. The Balaban J connectivity index is 0.000000120. The van der Waals surface area contributed by atoms with Crippen LogP contribution in [0.25, 0.3) is 88.6 Å². The molecular formula is C97H121N25O9S4. The molecule has 0 bridgehead atoms. The molecule has 0 radical (unpaired) electrons. The highest BCUT2D eigenvalue weighted by Gasteiger charge is 2.40. The summed E-state index contributed by atoms with van der Waals surface area (Å²) in [6.07, 6.45) is 30.4. The van der Waals surface area contributed by atoms with Crippen molar-refractivity contribution in [2.45, 2.75) is 134 Å². The third-order valence-corrected chi connectivity index (χ3v) is 33.3. The summed E-state index contributed by atoms with van der Waals surface area (Å²) in [4.78, 5) is 56.5. The molecule has 4 saturated heterocycles. The van der Waals surface area contributed by atoms with Gasteiger partial charge in [0, 0.05) is 117 Å². The molecule has 5 aromatic carbocycles. The van der Waals surface area contributed by atoms with E-state index in [2.05, 4.69) is 127 Å². The van der Waals surface area contributed by atoms with E-state index in [1.54, 1.807) is 12.1 Å². The number of likely N-dealkylation sites (tertiary alicyclic amines) is 4. The Bertz CT molecular complexity index is 6740. The van der Waals surface area contributed by atoms with Crippen LogP contribution in [0.2, 0.25) is 0 Å². The van der Waals surface area contributed by atoms with Crippen molar-refractivity contribution in [1.29, 1.82) is 0 Å². The normalized spacial score (nSPS) is 20.8. The molecule has 8 aromatic heterocycles. The fraction of sp³-hybridized carbons (Fsp3) is 0.433. The second kappa shape index (κ2) is 40.5. The van der Waals surface area contributed by atoms with E-state index in [4.69, 9.17) is 22.9 Å². The van der Waals surface area contributed by atoms with Crippen LogP contribution in [0.3, 0.4) is 0 Å². The Morgan fingerprint density at radius 1 is 0.363 bits per heavy atom. The molecular weight excluding hydrogens is 1790 g/mol. The number of hydrogen-bond donors (Lipinski definition) is 9. The second-order valence-electron chi connectivity index (χ2n) is 37.6. The second-order valence-corrected chi connectivity index (χ2v) is 45.0. The number of fused-ring (bicyclic) bond motifs is 4. The highest BCUT2D eigenvalue weighted by atomic mass is 32.2. The van der Waals surface area contributed by atoms with E-state index in [9.17, 15) is 38.5 Å². The molecule has 21 rings (SSSR count). The van der Waals surface area contributed by atoms with Crippen LogP contribution in [0.5, 0.6) is 0 Å². The molecule has 13 aromatic rings. The SMILES string of the molecule is CC(=O)NS(=O)(=O)NCc1cccc(-c2cn(C3CC(CN4CCC4)C3)c3ncnc(N)c23)c1.CNS(=O)(=O)CCc1cccc(-c2cn(C3CC(CN4CCC4)C3)c3ncnc(N)c23)c1.CNS(=O)(=O)CCc1cccc(-c2cn(C3CC(CN4CCC4)C3)c3ncnc(N)c23)c1.Nc1ncnc2c1c(-c1cccc(CCS(=O)(=O)Nc3ccccc3)c1)cn2C1CC(CN2CCC2)C1. The van der Waals surface area contributed by atoms with Crippen LogP contribution in [0, 0.1) is 23.7 Å². The molecule has 34 nitrogen and oxygen atoms in total. The number of aryl methyl sites for hydroxylation is 3. The highest BCUT2D eigenvalue weighted by Crippen LogP contribution is 2.49. The molecule has 1 amide bonds. The minimum Gasteiger partial charge on any atom is -0.383 e. The molecule has 0 spiro atoms. The molecule has 13 N–H and O–H groups in total. The van der Waals surface area contributed by atoms with Crippen molar-refractivity contribution in [3.63, 3.8) is 0 Å². The summed E-state index contributed by atoms with van der Waals surface area (Å²) in [6.45, 7) is 15.9. The van der Waals surface area contributed by atoms with E-state index in [0.29, 0.717) is 78.3 Å². The molecule has 4 saturated carbocycles. The van der Waals surface area contributed by atoms with Crippen LogP contribution in [0.15, 0.2) is 177 Å². The maximum Gasteiger partial charge on any atom is 0.301 e. The third kappa shape index (κ3) is 22.0. The molecule has 0 unspecified atom stereocenters. The van der Waals surface area contributed by atoms with Gasteiger partial charge in [-0.2, -0.15) is 13.1 Å². The molecule has 12 heterocycles. The number of rotatable bonds is 33. The maximum atomic E-state index is 12.6. The summed E-state index contributed by atoms with van der Waals surface area (Å²) < 4.78 is 117. The van der Waals surface area contributed by atoms with E-state index in [-0.39, 0.29) is 23.8 Å². The predicted molar refractivity (Wildman–Crippen MR) is 531 cm³/mol. The summed E-state index contributed by atoms with van der Waals surface area (Å²) in [6, 6.07) is 42.2. The summed E-state index contributed by atoms with van der Waals surface area (Å²) in [7, 11) is -11.0. The van der Waals surface area contributed by atoms with Gasteiger partial charge in [0.15, 0.2) is 0 Å². The first-order valence-electron chi connectivity index (χ1n) is 47.0. The number of carbonyl (C=O) groups is 1. The lowest BCUT2D eigenvalue weighted by Crippen LogP contribution is -2.43. The van der Waals surface area contributed by atoms with Crippen molar-refractivity contribution < 1.29 is 38.5 Å². The van der Waals surface area contributed by atoms with E-state index >= 15 is 0 Å². The summed E-state index contributed by atoms with van der Waals surface area (Å²) in [5, 5.41) is 3.42. The average molecular weight is 1910 g/mol. The summed E-state index contributed by atoms with van der Waals surface area (Å²) >= 11 is 0. The van der Waals surface area contributed by atoms with E-state index in [0.717, 1.165) is 187 Å². The minimum atomic E-state index is -3.91. The molecule has 4 aliphatic carbocycles. The van der Waals surface area contributed by atoms with Crippen LogP contribution in [0.4, 0.5) is 29.0 Å². The Hall–Kier alpha value is -11.4. The zero-order valence-electron chi connectivity index (χ0n) is 76.6. The Kier molecular flexibility index (Phi) is 28.2. The maximum absolute atomic E-state index is 12.6. The van der Waals surface area contributed by atoms with Gasteiger partial charge in [0.1, 0.15) is 71.2 Å². The van der Waals surface area contributed by atoms with Gasteiger partial charge in [0.25, 0.3) is 0 Å². The fourth-order valence-electron chi connectivity index (χ4n) is 20.1. The van der Waals surface area contributed by atoms with Crippen molar-refractivity contribution >= 4 is 119 Å². The number of benzene rings is 5. The van der Waals surface area contributed by atoms with Crippen molar-refractivity contribution in [1.82, 2.24) is 96.6 Å². The summed E-state index contributed by atoms with van der Waals surface area (Å²) in [5.74, 6) is 4.25. The molecule has 8 aliphatic rings. The largest absolute Gasteiger partial charge is 0.383 e. The lowest BCUT2D eigenvalue weighted by atomic mass is 9.79. The van der Waals surface area contributed by atoms with Gasteiger partial charge in [-0.1, -0.05) is 109 Å². The van der Waals surface area contributed by atoms with Crippen molar-refractivity contribution in [2.24, 2.45) is 23.7 Å². The highest BCUT2D eigenvalue weighted by molar-refractivity contribution is 7.92. The third-order valence-electron chi connectivity index (χ3n) is 28.2. The number of sulfonamides is 3. The van der Waals surface area contributed by atoms with E-state index in [1.165, 1.54) is 144 Å². The van der Waals surface area contributed by atoms with Crippen molar-refractivity contribution in [2.75, 3.05) is 138 Å². The van der Waals surface area contributed by atoms with Gasteiger partial charge >= 0.3 is 10.2 Å². The number of nitrogens with zero attached hydrogens (tertiary/aromatic N) is 16. The number of nitrogens with one attached hydrogen (secondary N) is 5. The van der Waals surface area contributed by atoms with Gasteiger partial charge in [-0.05, 0) is 249 Å². The number of nitrogen functional groups attached to an aromatic ring is 4. The van der Waals surface area contributed by atoms with Crippen LogP contribution < -0.4 is 46.5 Å². The van der Waals surface area contributed by atoms with Gasteiger partial charge in [-0.3, -0.25) is 9.52 Å². The van der Waals surface area contributed by atoms with Crippen LogP contribution in [0.1, 0.15) is 130 Å². The van der Waals surface area contributed by atoms with Gasteiger partial charge in [0.05, 0.1) is 38.8 Å². The van der Waals surface area contributed by atoms with Crippen molar-refractivity contribution in [3.8, 4) is 44.5 Å². The monoisotopic (exact) mass is 1910 g/mol. The Morgan fingerprint density at radius 2 is 0.644 bits per heavy atom. The Morgan fingerprint density at radius 3 is 0.919 bits per heavy atom. The first-order chi connectivity index (χ1) is 65.1. The van der Waals surface area contributed by atoms with Crippen molar-refractivity contribution in [3.05, 3.63) is 200 Å². The van der Waals surface area contributed by atoms with Crippen LogP contribution >= 0.6 is 0 Å². The number of anilines is 5. The van der Waals surface area contributed by atoms with Gasteiger partial charge in [0.2, 0.25) is 36.0 Å². The zero-order valence-corrected chi connectivity index (χ0v) is 79.8. The minimum absolute atomic E-state index is 0.00115. The predicted octanol–water partition coefficient (Wildman–Crippen LogP) is 11.0. The van der Waals surface area contributed by atoms with Crippen LogP contribution in [-0.4, -0.2) is 227 Å². The first-order valence-corrected chi connectivity index (χ1v) is 53.4. The van der Waals surface area contributed by atoms with E-state index in [1.807, 2.05) is 114 Å². The standard InChI is InChI=1S/C28H32N6O2S.C23H29N7O3S.2C23H30N6O2S/c29-27-26-25(18-34(28(26)31-19-30-27)24-15-21(16-24)17-33-11-5-12-33)22-7-4-6-20(14-22)10-13-37(35,36)32-23-8-2-1-3-9-23;1-15(31)28-34(32,33)27-11-16-4-2-5-18(8-16)20-13-30(23-21(20)22(24)25-14-26-23)19-9-17(10-19)12-29-6-3-7-29;2*1-25-32(30,31)9-6-16-4-2-5-18(10-16)20-14-29(23-21(20)22(24)26-15-27-23)19-11-17(12-19)13-28-7-3-8-28/h1-4,6-9,14,18-19,21,24,32H,5,10-13,15-17H2,(H2,29,30,31);2,4-5,8,13-14,17,19,27H,3,6-7,9-12H2,1H3,(H,28,31)(H2,24,25,26);2*2,4-5,10,14-15,17,19,25H,3,6-9,11-13H2,1H3,(H2,24,26,27). The molecule has 38 heteroatoms. The average Bonchev–Trinajstić information content (AvgIpc) is 1.62. The molecule has 8 fully saturated rings. The molecule has 4 aliphatic heterocycles. The molecule has 712 valence electrons. The molecule has 135 heavy (non-hydrogen) atoms. The number of amides is 1. The quantitative estimate of drug-likeness (QED) is 0.0184. The van der Waals surface area contributed by atoms with Gasteiger partial charge in [-0.25, -0.2) is 79.3 Å². The zero-order chi connectivity index (χ0) is 93.9. The number of aromatic nitrogens is 12. The fourth-order valence-corrected chi connectivity index (χ4v) is 23.4. The molecule has 0 atom stereocenters. The summed E-state index contributed by atoms with van der Waals surface area (Å²) in [5.41, 5.74) is 40.7. The van der Waals surface area contributed by atoms with Crippen LogP contribution in [-0.2, 0) is 70.9 Å². The number of hydrogen-bond acceptors (Lipinski definition) is 25. The number of nitrogens with two attached hydrogens (primary N) is 4. The van der Waals surface area contributed by atoms with E-state index < -0.39 is 46.2 Å². The Labute approximate surface area is 788 Å². The lowest BCUT2D eigenvalue weighted by molar-refractivity contribution is -0.117.